The van der Waals surface area contributed by atoms with E-state index in [1.165, 1.54) is 0 Å². The molecule has 0 saturated heterocycles. The largest absolute Gasteiger partial charge is 0.397 e. The van der Waals surface area contributed by atoms with Gasteiger partial charge in [-0.15, -0.1) is 0 Å². The number of nitrogens with two attached hydrogens (primary N) is 2. The van der Waals surface area contributed by atoms with Crippen LogP contribution in [0, 0.1) is 0 Å². The third-order valence-corrected chi connectivity index (χ3v) is 2.15. The predicted molar refractivity (Wildman–Crippen MR) is 64.3 cm³/mol. The minimum Gasteiger partial charge on any atom is -0.397 e. The summed E-state index contributed by atoms with van der Waals surface area (Å²) >= 11 is 0. The lowest BCUT2D eigenvalue weighted by molar-refractivity contribution is 0.100. The maximum Gasteiger partial charge on any atom is 0.248 e. The van der Waals surface area contributed by atoms with E-state index >= 15 is 0 Å². The van der Waals surface area contributed by atoms with Crippen molar-refractivity contribution in [1.82, 2.24) is 0 Å². The highest BCUT2D eigenvalue weighted by molar-refractivity contribution is 5.94. The summed E-state index contributed by atoms with van der Waals surface area (Å²) < 4.78 is 5.00. The molecule has 1 rings (SSSR count). The molecule has 16 heavy (non-hydrogen) atoms. The fourth-order valence-corrected chi connectivity index (χ4v) is 1.40. The molecule has 0 heterocycles. The first kappa shape index (κ1) is 12.3. The lowest BCUT2D eigenvalue weighted by Gasteiger charge is -2.16. The van der Waals surface area contributed by atoms with Crippen molar-refractivity contribution in [1.29, 1.82) is 0 Å². The maximum absolute atomic E-state index is 10.9. The third kappa shape index (κ3) is 3.13. The molecule has 0 aliphatic rings. The van der Waals surface area contributed by atoms with Crippen LogP contribution in [0.2, 0.25) is 0 Å². The van der Waals surface area contributed by atoms with Crippen LogP contribution in [0.3, 0.4) is 0 Å². The Morgan fingerprint density at radius 2 is 2.25 bits per heavy atom. The van der Waals surface area contributed by atoms with Crippen molar-refractivity contribution in [2.45, 2.75) is 13.0 Å². The molecule has 0 spiro atoms. The summed E-state index contributed by atoms with van der Waals surface area (Å²) in [5.41, 5.74) is 12.6. The van der Waals surface area contributed by atoms with Crippen LogP contribution in [-0.2, 0) is 4.74 Å². The van der Waals surface area contributed by atoms with Gasteiger partial charge >= 0.3 is 0 Å². The normalized spacial score (nSPS) is 12.1. The van der Waals surface area contributed by atoms with E-state index in [9.17, 15) is 4.79 Å². The van der Waals surface area contributed by atoms with Crippen molar-refractivity contribution in [3.05, 3.63) is 23.8 Å². The average molecular weight is 223 g/mol. The molecule has 1 unspecified atom stereocenters. The highest BCUT2D eigenvalue weighted by Crippen LogP contribution is 2.20. The first-order valence-electron chi connectivity index (χ1n) is 4.99. The molecule has 0 saturated carbocycles. The fraction of sp³-hybridized carbons (Fsp3) is 0.364. The Balaban J connectivity index is 2.79. The summed E-state index contributed by atoms with van der Waals surface area (Å²) in [6.07, 6.45) is 0. The van der Waals surface area contributed by atoms with Crippen LogP contribution in [0.1, 0.15) is 17.3 Å². The molecule has 88 valence electrons. The number of carbonyl (C=O) groups excluding carboxylic acids is 1. The number of carbonyl (C=O) groups is 1. The van der Waals surface area contributed by atoms with E-state index in [0.29, 0.717) is 17.9 Å². The Hall–Kier alpha value is -1.75. The second-order valence-electron chi connectivity index (χ2n) is 3.67. The van der Waals surface area contributed by atoms with Gasteiger partial charge in [-0.1, -0.05) is 0 Å². The summed E-state index contributed by atoms with van der Waals surface area (Å²) in [5.74, 6) is -0.483. The van der Waals surface area contributed by atoms with Gasteiger partial charge in [0, 0.05) is 18.7 Å². The molecule has 0 bridgehead atoms. The van der Waals surface area contributed by atoms with Crippen LogP contribution < -0.4 is 16.8 Å². The monoisotopic (exact) mass is 223 g/mol. The van der Waals surface area contributed by atoms with E-state index in [1.807, 2.05) is 6.92 Å². The van der Waals surface area contributed by atoms with Gasteiger partial charge < -0.3 is 21.5 Å². The molecule has 0 aliphatic heterocycles. The number of hydrogen-bond acceptors (Lipinski definition) is 4. The summed E-state index contributed by atoms with van der Waals surface area (Å²) in [7, 11) is 1.64. The zero-order chi connectivity index (χ0) is 12.1. The van der Waals surface area contributed by atoms with Crippen molar-refractivity contribution in [3.63, 3.8) is 0 Å². The minimum absolute atomic E-state index is 0.145. The first-order valence-corrected chi connectivity index (χ1v) is 4.99. The second-order valence-corrected chi connectivity index (χ2v) is 3.67. The number of ether oxygens (including phenoxy) is 1. The molecule has 0 aliphatic carbocycles. The number of benzene rings is 1. The molecular formula is C11H17N3O2. The lowest BCUT2D eigenvalue weighted by Crippen LogP contribution is -2.21. The van der Waals surface area contributed by atoms with Gasteiger partial charge in [0.2, 0.25) is 5.91 Å². The number of methoxy groups -OCH3 is 1. The zero-order valence-corrected chi connectivity index (χ0v) is 9.49. The molecule has 5 heteroatoms. The van der Waals surface area contributed by atoms with E-state index in [1.54, 1.807) is 25.3 Å². The molecule has 1 aromatic carbocycles. The molecule has 1 aromatic rings. The number of primary amides is 1. The van der Waals surface area contributed by atoms with Crippen LogP contribution in [0.5, 0.6) is 0 Å². The Bertz CT molecular complexity index is 379. The van der Waals surface area contributed by atoms with E-state index in [0.717, 1.165) is 5.69 Å². The van der Waals surface area contributed by atoms with Crippen molar-refractivity contribution >= 4 is 17.3 Å². The maximum atomic E-state index is 10.9. The standard InChI is InChI=1S/C11H17N3O2/c1-7(6-16-2)14-10-4-3-8(11(13)15)5-9(10)12/h3-5,7,14H,6,12H2,1-2H3,(H2,13,15). The highest BCUT2D eigenvalue weighted by Gasteiger charge is 2.07. The van der Waals surface area contributed by atoms with E-state index in [2.05, 4.69) is 5.32 Å². The number of rotatable bonds is 5. The molecule has 0 aromatic heterocycles. The summed E-state index contributed by atoms with van der Waals surface area (Å²) in [6, 6.07) is 5.08. The first-order chi connectivity index (χ1) is 7.54. The lowest BCUT2D eigenvalue weighted by atomic mass is 10.1. The van der Waals surface area contributed by atoms with E-state index in [-0.39, 0.29) is 6.04 Å². The van der Waals surface area contributed by atoms with Crippen LogP contribution in [0.15, 0.2) is 18.2 Å². The van der Waals surface area contributed by atoms with Crippen LogP contribution in [0.25, 0.3) is 0 Å². The number of anilines is 2. The van der Waals surface area contributed by atoms with Gasteiger partial charge in [-0.3, -0.25) is 4.79 Å². The van der Waals surface area contributed by atoms with Crippen LogP contribution >= 0.6 is 0 Å². The topological polar surface area (TPSA) is 90.4 Å². The van der Waals surface area contributed by atoms with Gasteiger partial charge in [0.25, 0.3) is 0 Å². The Morgan fingerprint density at radius 3 is 2.75 bits per heavy atom. The molecule has 5 N–H and O–H groups in total. The van der Waals surface area contributed by atoms with Crippen molar-refractivity contribution in [2.75, 3.05) is 24.8 Å². The fourth-order valence-electron chi connectivity index (χ4n) is 1.40. The predicted octanol–water partition coefficient (Wildman–Crippen LogP) is 0.815. The molecule has 1 amide bonds. The SMILES string of the molecule is COCC(C)Nc1ccc(C(N)=O)cc1N. The summed E-state index contributed by atoms with van der Waals surface area (Å²) in [6.45, 7) is 2.56. The minimum atomic E-state index is -0.483. The van der Waals surface area contributed by atoms with Gasteiger partial charge in [-0.2, -0.15) is 0 Å². The number of hydrogen-bond donors (Lipinski definition) is 3. The van der Waals surface area contributed by atoms with Crippen molar-refractivity contribution in [2.24, 2.45) is 5.73 Å². The van der Waals surface area contributed by atoms with Crippen molar-refractivity contribution < 1.29 is 9.53 Å². The number of nitrogens with one attached hydrogen (secondary N) is 1. The molecule has 1 atom stereocenters. The van der Waals surface area contributed by atoms with Crippen LogP contribution in [0.4, 0.5) is 11.4 Å². The molecule has 0 radical (unpaired) electrons. The second kappa shape index (κ2) is 5.37. The quantitative estimate of drug-likeness (QED) is 0.644. The molecule has 0 fully saturated rings. The van der Waals surface area contributed by atoms with Gasteiger partial charge in [0.05, 0.1) is 18.0 Å². The summed E-state index contributed by atoms with van der Waals surface area (Å²) in [5, 5.41) is 3.18. The van der Waals surface area contributed by atoms with E-state index in [4.69, 9.17) is 16.2 Å². The van der Waals surface area contributed by atoms with Gasteiger partial charge in [-0.25, -0.2) is 0 Å². The highest BCUT2D eigenvalue weighted by atomic mass is 16.5. The molecule has 5 nitrogen and oxygen atoms in total. The summed E-state index contributed by atoms with van der Waals surface area (Å²) in [4.78, 5) is 10.9. The third-order valence-electron chi connectivity index (χ3n) is 2.15. The zero-order valence-electron chi connectivity index (χ0n) is 9.49. The van der Waals surface area contributed by atoms with Crippen LogP contribution in [-0.4, -0.2) is 25.7 Å². The number of amides is 1. The Kier molecular flexibility index (Phi) is 4.13. The van der Waals surface area contributed by atoms with E-state index < -0.39 is 5.91 Å². The molecular weight excluding hydrogens is 206 g/mol. The number of nitrogen functional groups attached to an aromatic ring is 1. The van der Waals surface area contributed by atoms with Gasteiger partial charge in [0.15, 0.2) is 0 Å². The van der Waals surface area contributed by atoms with Crippen molar-refractivity contribution in [3.8, 4) is 0 Å². The Morgan fingerprint density at radius 1 is 1.56 bits per heavy atom. The smallest absolute Gasteiger partial charge is 0.248 e. The van der Waals surface area contributed by atoms with Gasteiger partial charge in [-0.05, 0) is 25.1 Å². The van der Waals surface area contributed by atoms with Gasteiger partial charge in [0.1, 0.15) is 0 Å². The average Bonchev–Trinajstić information content (AvgIpc) is 2.21. The Labute approximate surface area is 94.8 Å².